The third-order valence-corrected chi connectivity index (χ3v) is 5.49. The van der Waals surface area contributed by atoms with Crippen LogP contribution < -0.4 is 9.46 Å². The number of benzene rings is 1. The van der Waals surface area contributed by atoms with Gasteiger partial charge < -0.3 is 9.64 Å². The number of sulfonamides is 1. The van der Waals surface area contributed by atoms with Crippen LogP contribution >= 0.6 is 0 Å². The molecule has 0 radical (unpaired) electrons. The summed E-state index contributed by atoms with van der Waals surface area (Å²) in [5.41, 5.74) is 3.14. The molecule has 1 saturated heterocycles. The van der Waals surface area contributed by atoms with E-state index in [1.54, 1.807) is 4.90 Å². The molecule has 2 aromatic rings. The van der Waals surface area contributed by atoms with Crippen LogP contribution in [-0.2, 0) is 14.8 Å². The third kappa shape index (κ3) is 4.83. The van der Waals surface area contributed by atoms with Crippen molar-refractivity contribution in [3.8, 4) is 5.75 Å². The number of aryl methyl sites for hydroxylation is 2. The van der Waals surface area contributed by atoms with Gasteiger partial charge in [-0.2, -0.15) is 5.10 Å². The SMILES string of the molecule is Cc1cccc(C)c1OCC(=O)N1CCC[C@H](c2[nH]ncc2NS(C)(=O)=O)C1. The number of para-hydroxylation sites is 1. The summed E-state index contributed by atoms with van der Waals surface area (Å²) < 4.78 is 31.4. The Morgan fingerprint density at radius 2 is 2.07 bits per heavy atom. The van der Waals surface area contributed by atoms with E-state index < -0.39 is 10.0 Å². The number of H-pyrrole nitrogens is 1. The number of aromatic nitrogens is 2. The number of anilines is 1. The van der Waals surface area contributed by atoms with Gasteiger partial charge in [-0.1, -0.05) is 18.2 Å². The molecule has 0 unspecified atom stereocenters. The second-order valence-electron chi connectivity index (χ2n) is 7.26. The monoisotopic (exact) mass is 406 g/mol. The standard InChI is InChI=1S/C19H26N4O4S/c1-13-6-4-7-14(2)19(13)27-12-17(24)23-9-5-8-15(11-23)18-16(10-20-21-18)22-28(3,25)26/h4,6-7,10,15,22H,5,8-9,11-12H2,1-3H3,(H,20,21)/t15-/m0/s1. The van der Waals surface area contributed by atoms with E-state index in [4.69, 9.17) is 4.74 Å². The fraction of sp³-hybridized carbons (Fsp3) is 0.474. The van der Waals surface area contributed by atoms with Crippen molar-refractivity contribution in [2.24, 2.45) is 0 Å². The Kier molecular flexibility index (Phi) is 5.93. The molecule has 1 amide bonds. The Morgan fingerprint density at radius 1 is 1.36 bits per heavy atom. The van der Waals surface area contributed by atoms with E-state index in [-0.39, 0.29) is 18.4 Å². The summed E-state index contributed by atoms with van der Waals surface area (Å²) in [5.74, 6) is 0.659. The van der Waals surface area contributed by atoms with E-state index in [9.17, 15) is 13.2 Å². The molecule has 1 aromatic heterocycles. The average Bonchev–Trinajstić information content (AvgIpc) is 3.07. The van der Waals surface area contributed by atoms with Gasteiger partial charge in [0.2, 0.25) is 10.0 Å². The van der Waals surface area contributed by atoms with Crippen molar-refractivity contribution in [2.45, 2.75) is 32.6 Å². The summed E-state index contributed by atoms with van der Waals surface area (Å²) in [7, 11) is -3.40. The molecule has 0 spiro atoms. The fourth-order valence-corrected chi connectivity index (χ4v) is 4.14. The average molecular weight is 407 g/mol. The number of piperidine rings is 1. The normalized spacial score (nSPS) is 17.4. The summed E-state index contributed by atoms with van der Waals surface area (Å²) in [4.78, 5) is 14.5. The Morgan fingerprint density at radius 3 is 2.75 bits per heavy atom. The fourth-order valence-electron chi connectivity index (χ4n) is 3.58. The van der Waals surface area contributed by atoms with Gasteiger partial charge in [0.25, 0.3) is 5.91 Å². The van der Waals surface area contributed by atoms with Crippen LogP contribution in [0, 0.1) is 13.8 Å². The Bertz CT molecular complexity index is 934. The van der Waals surface area contributed by atoms with E-state index in [2.05, 4.69) is 14.9 Å². The van der Waals surface area contributed by atoms with Crippen molar-refractivity contribution in [3.05, 3.63) is 41.2 Å². The van der Waals surface area contributed by atoms with E-state index in [0.717, 1.165) is 36.0 Å². The lowest BCUT2D eigenvalue weighted by Gasteiger charge is -2.32. The van der Waals surface area contributed by atoms with E-state index in [1.165, 1.54) is 6.20 Å². The smallest absolute Gasteiger partial charge is 0.260 e. The van der Waals surface area contributed by atoms with Crippen LogP contribution in [0.3, 0.4) is 0 Å². The molecule has 0 bridgehead atoms. The zero-order chi connectivity index (χ0) is 20.3. The third-order valence-electron chi connectivity index (χ3n) is 4.90. The molecular formula is C19H26N4O4S. The van der Waals surface area contributed by atoms with Crippen LogP contribution in [0.15, 0.2) is 24.4 Å². The quantitative estimate of drug-likeness (QED) is 0.765. The van der Waals surface area contributed by atoms with E-state index >= 15 is 0 Å². The first-order valence-corrected chi connectivity index (χ1v) is 11.1. The summed E-state index contributed by atoms with van der Waals surface area (Å²) >= 11 is 0. The molecule has 9 heteroatoms. The van der Waals surface area contributed by atoms with Crippen LogP contribution in [-0.4, -0.2) is 55.4 Å². The van der Waals surface area contributed by atoms with E-state index in [0.29, 0.717) is 24.5 Å². The van der Waals surface area contributed by atoms with Crippen molar-refractivity contribution in [2.75, 3.05) is 30.7 Å². The molecule has 1 atom stereocenters. The second kappa shape index (κ2) is 8.22. The summed E-state index contributed by atoms with van der Waals surface area (Å²) in [5, 5.41) is 6.85. The predicted molar refractivity (Wildman–Crippen MR) is 107 cm³/mol. The molecule has 1 fully saturated rings. The van der Waals surface area contributed by atoms with Crippen LogP contribution in [0.1, 0.15) is 35.6 Å². The van der Waals surface area contributed by atoms with Gasteiger partial charge in [0, 0.05) is 19.0 Å². The van der Waals surface area contributed by atoms with Crippen molar-refractivity contribution >= 4 is 21.6 Å². The van der Waals surface area contributed by atoms with Gasteiger partial charge in [0.05, 0.1) is 23.8 Å². The number of carbonyl (C=O) groups excluding carboxylic acids is 1. The van der Waals surface area contributed by atoms with Crippen molar-refractivity contribution in [1.29, 1.82) is 0 Å². The highest BCUT2D eigenvalue weighted by atomic mass is 32.2. The number of nitrogens with zero attached hydrogens (tertiary/aromatic N) is 2. The van der Waals surface area contributed by atoms with Crippen molar-refractivity contribution < 1.29 is 17.9 Å². The minimum atomic E-state index is -3.40. The molecular weight excluding hydrogens is 380 g/mol. The summed E-state index contributed by atoms with van der Waals surface area (Å²) in [6, 6.07) is 5.87. The second-order valence-corrected chi connectivity index (χ2v) is 9.01. The zero-order valence-corrected chi connectivity index (χ0v) is 17.2. The van der Waals surface area contributed by atoms with Gasteiger partial charge in [-0.05, 0) is 37.8 Å². The highest BCUT2D eigenvalue weighted by molar-refractivity contribution is 7.92. The summed E-state index contributed by atoms with van der Waals surface area (Å²) in [6.07, 6.45) is 4.24. The largest absolute Gasteiger partial charge is 0.483 e. The van der Waals surface area contributed by atoms with Gasteiger partial charge in [-0.3, -0.25) is 14.6 Å². The van der Waals surface area contributed by atoms with Gasteiger partial charge >= 0.3 is 0 Å². The number of aromatic amines is 1. The molecule has 0 saturated carbocycles. The lowest BCUT2D eigenvalue weighted by Crippen LogP contribution is -2.41. The predicted octanol–water partition coefficient (Wildman–Crippen LogP) is 2.18. The first-order chi connectivity index (χ1) is 13.2. The summed E-state index contributed by atoms with van der Waals surface area (Å²) in [6.45, 7) is 5.05. The van der Waals surface area contributed by atoms with Crippen LogP contribution in [0.5, 0.6) is 5.75 Å². The van der Waals surface area contributed by atoms with Gasteiger partial charge in [-0.25, -0.2) is 8.42 Å². The number of nitrogens with one attached hydrogen (secondary N) is 2. The van der Waals surface area contributed by atoms with Gasteiger partial charge in [0.15, 0.2) is 6.61 Å². The zero-order valence-electron chi connectivity index (χ0n) is 16.4. The minimum absolute atomic E-state index is 0.00959. The number of likely N-dealkylation sites (tertiary alicyclic amines) is 1. The van der Waals surface area contributed by atoms with Crippen LogP contribution in [0.2, 0.25) is 0 Å². The van der Waals surface area contributed by atoms with E-state index in [1.807, 2.05) is 32.0 Å². The first-order valence-electron chi connectivity index (χ1n) is 9.22. The Balaban J connectivity index is 1.65. The lowest BCUT2D eigenvalue weighted by atomic mass is 9.94. The van der Waals surface area contributed by atoms with Crippen molar-refractivity contribution in [3.63, 3.8) is 0 Å². The number of hydrogen-bond donors (Lipinski definition) is 2. The lowest BCUT2D eigenvalue weighted by molar-refractivity contribution is -0.134. The molecule has 2 heterocycles. The van der Waals surface area contributed by atoms with Crippen LogP contribution in [0.4, 0.5) is 5.69 Å². The molecule has 1 aliphatic rings. The number of carbonyl (C=O) groups is 1. The first kappa shape index (κ1) is 20.2. The molecule has 1 aromatic carbocycles. The number of ether oxygens (including phenoxy) is 1. The van der Waals surface area contributed by atoms with Crippen molar-refractivity contribution in [1.82, 2.24) is 15.1 Å². The topological polar surface area (TPSA) is 104 Å². The Labute approximate surface area is 165 Å². The molecule has 8 nitrogen and oxygen atoms in total. The Hall–Kier alpha value is -2.55. The molecule has 2 N–H and O–H groups in total. The molecule has 152 valence electrons. The van der Waals surface area contributed by atoms with Gasteiger partial charge in [0.1, 0.15) is 5.75 Å². The number of amides is 1. The maximum atomic E-state index is 12.7. The molecule has 0 aliphatic carbocycles. The number of hydrogen-bond acceptors (Lipinski definition) is 5. The maximum absolute atomic E-state index is 12.7. The highest BCUT2D eigenvalue weighted by Gasteiger charge is 2.28. The minimum Gasteiger partial charge on any atom is -0.483 e. The number of rotatable bonds is 6. The molecule has 3 rings (SSSR count). The van der Waals surface area contributed by atoms with Crippen LogP contribution in [0.25, 0.3) is 0 Å². The molecule has 28 heavy (non-hydrogen) atoms. The van der Waals surface area contributed by atoms with Gasteiger partial charge in [-0.15, -0.1) is 0 Å². The highest BCUT2D eigenvalue weighted by Crippen LogP contribution is 2.31. The molecule has 1 aliphatic heterocycles. The maximum Gasteiger partial charge on any atom is 0.260 e.